The molecule has 4 heteroatoms. The van der Waals surface area contributed by atoms with Gasteiger partial charge in [0, 0.05) is 13.2 Å². The highest BCUT2D eigenvalue weighted by Gasteiger charge is 2.46. The second kappa shape index (κ2) is 5.25. The fourth-order valence-corrected chi connectivity index (χ4v) is 2.03. The highest BCUT2D eigenvalue weighted by atomic mass is 16.8. The maximum absolute atomic E-state index is 5.73. The molecule has 0 saturated carbocycles. The fraction of sp³-hybridized carbons (Fsp3) is 1.00. The maximum Gasteiger partial charge on any atom is 0.163 e. The van der Waals surface area contributed by atoms with Crippen molar-refractivity contribution >= 4 is 0 Å². The van der Waals surface area contributed by atoms with Crippen LogP contribution in [0.5, 0.6) is 0 Å². The first-order valence-corrected chi connectivity index (χ1v) is 5.80. The first-order valence-electron chi connectivity index (χ1n) is 5.80. The van der Waals surface area contributed by atoms with E-state index in [4.69, 9.17) is 19.9 Å². The monoisotopic (exact) mass is 217 g/mol. The van der Waals surface area contributed by atoms with Crippen LogP contribution in [-0.4, -0.2) is 37.3 Å². The lowest BCUT2D eigenvalue weighted by molar-refractivity contribution is -0.152. The molecule has 3 unspecified atom stereocenters. The van der Waals surface area contributed by atoms with Gasteiger partial charge in [0.05, 0.1) is 12.2 Å². The van der Waals surface area contributed by atoms with Crippen LogP contribution in [0.1, 0.15) is 34.1 Å². The Morgan fingerprint density at radius 2 is 1.93 bits per heavy atom. The summed E-state index contributed by atoms with van der Waals surface area (Å²) in [5.74, 6) is -0.476. The zero-order chi connectivity index (χ0) is 11.5. The quantitative estimate of drug-likeness (QED) is 0.719. The van der Waals surface area contributed by atoms with Gasteiger partial charge in [-0.2, -0.15) is 0 Å². The van der Waals surface area contributed by atoms with Crippen molar-refractivity contribution in [2.45, 2.75) is 58.2 Å². The van der Waals surface area contributed by atoms with Crippen LogP contribution in [0.25, 0.3) is 0 Å². The largest absolute Gasteiger partial charge is 0.374 e. The molecule has 2 rings (SSSR count). The van der Waals surface area contributed by atoms with Crippen LogP contribution >= 0.6 is 0 Å². The molecule has 4 nitrogen and oxygen atoms in total. The summed E-state index contributed by atoms with van der Waals surface area (Å²) in [6.45, 7) is 9.08. The van der Waals surface area contributed by atoms with Crippen LogP contribution in [0, 0.1) is 0 Å². The van der Waals surface area contributed by atoms with Gasteiger partial charge in [-0.3, -0.25) is 0 Å². The van der Waals surface area contributed by atoms with Crippen LogP contribution in [-0.2, 0) is 14.2 Å². The molecule has 2 saturated heterocycles. The Morgan fingerprint density at radius 3 is 2.53 bits per heavy atom. The van der Waals surface area contributed by atoms with E-state index in [-0.39, 0.29) is 18.3 Å². The van der Waals surface area contributed by atoms with Crippen molar-refractivity contribution < 1.29 is 14.2 Å². The molecule has 0 aromatic carbocycles. The van der Waals surface area contributed by atoms with Crippen LogP contribution < -0.4 is 5.73 Å². The third-order valence-electron chi connectivity index (χ3n) is 2.55. The Hall–Kier alpha value is -0.160. The number of hydrogen-bond acceptors (Lipinski definition) is 4. The maximum atomic E-state index is 5.73. The second-order valence-corrected chi connectivity index (χ2v) is 4.07. The van der Waals surface area contributed by atoms with Gasteiger partial charge in [-0.25, -0.2) is 0 Å². The Balaban J connectivity index is 0.000000531. The van der Waals surface area contributed by atoms with E-state index in [9.17, 15) is 0 Å². The van der Waals surface area contributed by atoms with Crippen LogP contribution in [0.2, 0.25) is 0 Å². The van der Waals surface area contributed by atoms with Gasteiger partial charge in [-0.15, -0.1) is 0 Å². The van der Waals surface area contributed by atoms with E-state index in [0.29, 0.717) is 6.54 Å². The normalized spacial score (nSPS) is 37.8. The fourth-order valence-electron chi connectivity index (χ4n) is 2.03. The van der Waals surface area contributed by atoms with Crippen molar-refractivity contribution in [3.05, 3.63) is 0 Å². The minimum Gasteiger partial charge on any atom is -0.374 e. The van der Waals surface area contributed by atoms with E-state index in [2.05, 4.69) is 0 Å². The van der Waals surface area contributed by atoms with E-state index < -0.39 is 5.79 Å². The lowest BCUT2D eigenvalue weighted by atomic mass is 10.0. The molecule has 2 fully saturated rings. The minimum atomic E-state index is -0.476. The van der Waals surface area contributed by atoms with Gasteiger partial charge in [0.25, 0.3) is 0 Å². The first kappa shape index (κ1) is 12.9. The molecule has 0 amide bonds. The van der Waals surface area contributed by atoms with Crippen molar-refractivity contribution in [3.63, 3.8) is 0 Å². The highest BCUT2D eigenvalue weighted by Crippen LogP contribution is 2.34. The van der Waals surface area contributed by atoms with Gasteiger partial charge in [-0.1, -0.05) is 13.8 Å². The Bertz CT molecular complexity index is 196. The molecule has 2 aliphatic rings. The van der Waals surface area contributed by atoms with Gasteiger partial charge >= 0.3 is 0 Å². The van der Waals surface area contributed by atoms with Gasteiger partial charge < -0.3 is 19.9 Å². The smallest absolute Gasteiger partial charge is 0.163 e. The Labute approximate surface area is 92.1 Å². The number of hydrogen-bond donors (Lipinski definition) is 1. The van der Waals surface area contributed by atoms with Gasteiger partial charge in [0.15, 0.2) is 5.79 Å². The van der Waals surface area contributed by atoms with Crippen molar-refractivity contribution in [1.29, 1.82) is 0 Å². The van der Waals surface area contributed by atoms with Gasteiger partial charge in [-0.05, 0) is 20.3 Å². The SMILES string of the molecule is CC.CC1(C)OC2CCOC(CN)C2O1. The van der Waals surface area contributed by atoms with Gasteiger partial charge in [0.1, 0.15) is 6.10 Å². The summed E-state index contributed by atoms with van der Waals surface area (Å²) in [7, 11) is 0. The number of rotatable bonds is 1. The van der Waals surface area contributed by atoms with Crippen molar-refractivity contribution in [3.8, 4) is 0 Å². The first-order chi connectivity index (χ1) is 7.12. The van der Waals surface area contributed by atoms with Crippen molar-refractivity contribution in [1.82, 2.24) is 0 Å². The highest BCUT2D eigenvalue weighted by molar-refractivity contribution is 4.90. The summed E-state index contributed by atoms with van der Waals surface area (Å²) in [6.07, 6.45) is 1.09. The number of ether oxygens (including phenoxy) is 3. The molecular formula is C11H23NO3. The standard InChI is InChI=1S/C9H17NO3.C2H6/c1-9(2)12-6-3-4-11-7(5-10)8(6)13-9;1-2/h6-8H,3-5,10H2,1-2H3;1-2H3. The molecule has 2 N–H and O–H groups in total. The average molecular weight is 217 g/mol. The molecule has 0 spiro atoms. The summed E-state index contributed by atoms with van der Waals surface area (Å²) in [5, 5.41) is 0. The molecule has 15 heavy (non-hydrogen) atoms. The van der Waals surface area contributed by atoms with E-state index in [1.807, 2.05) is 27.7 Å². The predicted octanol–water partition coefficient (Wildman–Crippen LogP) is 1.28. The van der Waals surface area contributed by atoms with E-state index in [1.54, 1.807) is 0 Å². The molecule has 0 bridgehead atoms. The molecule has 3 atom stereocenters. The molecule has 2 aliphatic heterocycles. The number of nitrogens with two attached hydrogens (primary N) is 1. The zero-order valence-electron chi connectivity index (χ0n) is 10.2. The Morgan fingerprint density at radius 1 is 1.27 bits per heavy atom. The summed E-state index contributed by atoms with van der Waals surface area (Å²) in [5.41, 5.74) is 5.59. The average Bonchev–Trinajstić information content (AvgIpc) is 2.54. The van der Waals surface area contributed by atoms with E-state index in [0.717, 1.165) is 13.0 Å². The minimum absolute atomic E-state index is 0.000486. The summed E-state index contributed by atoms with van der Waals surface area (Å²) in [4.78, 5) is 0. The molecule has 0 aromatic rings. The Kier molecular flexibility index (Phi) is 4.52. The summed E-state index contributed by atoms with van der Waals surface area (Å²) >= 11 is 0. The lowest BCUT2D eigenvalue weighted by Crippen LogP contribution is -2.46. The van der Waals surface area contributed by atoms with Crippen LogP contribution in [0.3, 0.4) is 0 Å². The third-order valence-corrected chi connectivity index (χ3v) is 2.55. The van der Waals surface area contributed by atoms with E-state index >= 15 is 0 Å². The molecular weight excluding hydrogens is 194 g/mol. The number of fused-ring (bicyclic) bond motifs is 1. The molecule has 0 aromatic heterocycles. The van der Waals surface area contributed by atoms with Crippen molar-refractivity contribution in [2.75, 3.05) is 13.2 Å². The van der Waals surface area contributed by atoms with Crippen LogP contribution in [0.4, 0.5) is 0 Å². The third kappa shape index (κ3) is 2.91. The molecule has 2 heterocycles. The van der Waals surface area contributed by atoms with E-state index in [1.165, 1.54) is 0 Å². The van der Waals surface area contributed by atoms with Crippen molar-refractivity contribution in [2.24, 2.45) is 5.73 Å². The predicted molar refractivity (Wildman–Crippen MR) is 58.6 cm³/mol. The molecule has 90 valence electrons. The molecule has 0 aliphatic carbocycles. The topological polar surface area (TPSA) is 53.7 Å². The summed E-state index contributed by atoms with van der Waals surface area (Å²) in [6, 6.07) is 0. The second-order valence-electron chi connectivity index (χ2n) is 4.07. The van der Waals surface area contributed by atoms with Gasteiger partial charge in [0.2, 0.25) is 0 Å². The van der Waals surface area contributed by atoms with Crippen LogP contribution in [0.15, 0.2) is 0 Å². The molecule has 0 radical (unpaired) electrons. The lowest BCUT2D eigenvalue weighted by Gasteiger charge is -2.30. The zero-order valence-corrected chi connectivity index (χ0v) is 10.2. The summed E-state index contributed by atoms with van der Waals surface area (Å²) < 4.78 is 17.0.